The molecule has 0 aromatic carbocycles. The number of nitrogens with zero attached hydrogens (tertiary/aromatic N) is 2. The normalized spacial score (nSPS) is 31.6. The summed E-state index contributed by atoms with van der Waals surface area (Å²) in [4.78, 5) is 11.7. The lowest BCUT2D eigenvalue weighted by Crippen LogP contribution is -2.27. The van der Waals surface area contributed by atoms with Gasteiger partial charge in [0, 0.05) is 17.7 Å². The molecule has 2 aliphatic rings. The van der Waals surface area contributed by atoms with Crippen LogP contribution >= 0.6 is 0 Å². The van der Waals surface area contributed by atoms with Gasteiger partial charge in [-0.3, -0.25) is 0 Å². The summed E-state index contributed by atoms with van der Waals surface area (Å²) in [6, 6.07) is 1.57. The van der Waals surface area contributed by atoms with Gasteiger partial charge >= 0.3 is 6.09 Å². The highest BCUT2D eigenvalue weighted by molar-refractivity contribution is 5.69. The lowest BCUT2D eigenvalue weighted by Gasteiger charge is -2.18. The van der Waals surface area contributed by atoms with Gasteiger partial charge in [0.05, 0.1) is 6.61 Å². The van der Waals surface area contributed by atoms with E-state index in [2.05, 4.69) is 5.10 Å². The summed E-state index contributed by atoms with van der Waals surface area (Å²) in [5, 5.41) is 3.96. The Kier molecular flexibility index (Phi) is 2.29. The highest BCUT2D eigenvalue weighted by atomic mass is 19.1. The van der Waals surface area contributed by atoms with E-state index in [-0.39, 0.29) is 5.41 Å². The van der Waals surface area contributed by atoms with Crippen LogP contribution < -0.4 is 4.74 Å². The van der Waals surface area contributed by atoms with Crippen LogP contribution in [0.25, 0.3) is 0 Å². The van der Waals surface area contributed by atoms with E-state index < -0.39 is 17.4 Å². The highest BCUT2D eigenvalue weighted by Gasteiger charge is 2.85. The summed E-state index contributed by atoms with van der Waals surface area (Å²) in [5.74, 6) is 0.321. The first-order chi connectivity index (χ1) is 8.73. The van der Waals surface area contributed by atoms with E-state index in [1.54, 1.807) is 26.8 Å². The van der Waals surface area contributed by atoms with Crippen LogP contribution in [0.3, 0.4) is 0 Å². The molecule has 5 nitrogen and oxygen atoms in total. The van der Waals surface area contributed by atoms with Gasteiger partial charge in [0.15, 0.2) is 0 Å². The van der Waals surface area contributed by atoms with E-state index in [4.69, 9.17) is 9.47 Å². The number of rotatable bonds is 3. The molecule has 6 heteroatoms. The van der Waals surface area contributed by atoms with Crippen molar-refractivity contribution in [2.45, 2.75) is 44.9 Å². The largest absolute Gasteiger partial charge is 0.476 e. The van der Waals surface area contributed by atoms with Crippen LogP contribution in [0.1, 0.15) is 33.6 Å². The predicted octanol–water partition coefficient (Wildman–Crippen LogP) is 2.55. The van der Waals surface area contributed by atoms with Gasteiger partial charge in [0.1, 0.15) is 11.3 Å². The summed E-state index contributed by atoms with van der Waals surface area (Å²) in [6.45, 7) is 5.68. The topological polar surface area (TPSA) is 53.4 Å². The Morgan fingerprint density at radius 2 is 2.16 bits per heavy atom. The second-order valence-corrected chi connectivity index (χ2v) is 6.47. The van der Waals surface area contributed by atoms with E-state index in [9.17, 15) is 9.18 Å². The molecule has 2 fully saturated rings. The first-order valence-corrected chi connectivity index (χ1v) is 6.34. The average Bonchev–Trinajstić information content (AvgIpc) is 2.87. The monoisotopic (exact) mass is 268 g/mol. The molecule has 3 rings (SSSR count). The predicted molar refractivity (Wildman–Crippen MR) is 64.9 cm³/mol. The molecule has 104 valence electrons. The van der Waals surface area contributed by atoms with Crippen LogP contribution in [0.15, 0.2) is 12.3 Å². The van der Waals surface area contributed by atoms with Gasteiger partial charge in [-0.05, 0) is 33.6 Å². The zero-order valence-electron chi connectivity index (χ0n) is 11.3. The Balaban J connectivity index is 1.56. The summed E-state index contributed by atoms with van der Waals surface area (Å²) >= 11 is 0. The molecule has 0 aliphatic heterocycles. The molecule has 0 saturated heterocycles. The van der Waals surface area contributed by atoms with Gasteiger partial charge in [-0.2, -0.15) is 4.68 Å². The standard InChI is InChI=1S/C13H17FN2O3/c1-11(2,3)19-10(17)16-5-4-9(15-16)18-8-12-6-13(12,14)7-12/h4-5H,6-8H2,1-3H3. The van der Waals surface area contributed by atoms with Crippen LogP contribution in [0.2, 0.25) is 0 Å². The second kappa shape index (κ2) is 3.49. The first-order valence-electron chi connectivity index (χ1n) is 6.34. The molecule has 0 unspecified atom stereocenters. The fraction of sp³-hybridized carbons (Fsp3) is 0.692. The Morgan fingerprint density at radius 1 is 1.53 bits per heavy atom. The molecule has 2 saturated carbocycles. The van der Waals surface area contributed by atoms with E-state index in [0.717, 1.165) is 4.68 Å². The van der Waals surface area contributed by atoms with Crippen LogP contribution in [0, 0.1) is 5.41 Å². The minimum absolute atomic E-state index is 0.261. The van der Waals surface area contributed by atoms with Crippen molar-refractivity contribution >= 4 is 6.09 Å². The van der Waals surface area contributed by atoms with Gasteiger partial charge in [-0.25, -0.2) is 9.18 Å². The molecule has 0 bridgehead atoms. The molecule has 0 N–H and O–H groups in total. The fourth-order valence-corrected chi connectivity index (χ4v) is 2.17. The summed E-state index contributed by atoms with van der Waals surface area (Å²) < 4.78 is 25.0. The Hall–Kier alpha value is -1.59. The molecular formula is C13H17FN2O3. The lowest BCUT2D eigenvalue weighted by atomic mass is 10.2. The maximum absolute atomic E-state index is 13.4. The molecule has 1 heterocycles. The van der Waals surface area contributed by atoms with E-state index in [1.807, 2.05) is 0 Å². The number of carbonyl (C=O) groups excluding carboxylic acids is 1. The molecular weight excluding hydrogens is 251 g/mol. The van der Waals surface area contributed by atoms with Gasteiger partial charge in [0.25, 0.3) is 0 Å². The van der Waals surface area contributed by atoms with Crippen molar-refractivity contribution in [1.29, 1.82) is 0 Å². The van der Waals surface area contributed by atoms with Crippen LogP contribution in [-0.2, 0) is 4.74 Å². The molecule has 1 aromatic heterocycles. The van der Waals surface area contributed by atoms with Gasteiger partial charge in [0.2, 0.25) is 5.88 Å². The van der Waals surface area contributed by atoms with Gasteiger partial charge in [-0.1, -0.05) is 0 Å². The van der Waals surface area contributed by atoms with E-state index in [0.29, 0.717) is 25.3 Å². The van der Waals surface area contributed by atoms with E-state index in [1.165, 1.54) is 6.20 Å². The van der Waals surface area contributed by atoms with Crippen LogP contribution in [-0.4, -0.2) is 33.8 Å². The maximum atomic E-state index is 13.4. The van der Waals surface area contributed by atoms with Crippen molar-refractivity contribution in [1.82, 2.24) is 9.78 Å². The second-order valence-electron chi connectivity index (χ2n) is 6.47. The number of fused-ring (bicyclic) bond motifs is 1. The molecule has 0 radical (unpaired) electrons. The highest BCUT2D eigenvalue weighted by Crippen LogP contribution is 2.81. The zero-order chi connectivity index (χ0) is 13.9. The van der Waals surface area contributed by atoms with Gasteiger partial charge < -0.3 is 9.47 Å². The minimum Gasteiger partial charge on any atom is -0.476 e. The van der Waals surface area contributed by atoms with Crippen molar-refractivity contribution in [3.63, 3.8) is 0 Å². The quantitative estimate of drug-likeness (QED) is 0.845. The summed E-state index contributed by atoms with van der Waals surface area (Å²) in [5.41, 5.74) is -1.80. The van der Waals surface area contributed by atoms with Crippen molar-refractivity contribution in [3.05, 3.63) is 12.3 Å². The third-order valence-corrected chi connectivity index (χ3v) is 3.58. The van der Waals surface area contributed by atoms with Gasteiger partial charge in [-0.15, -0.1) is 5.10 Å². The number of hydrogen-bond acceptors (Lipinski definition) is 4. The van der Waals surface area contributed by atoms with Crippen molar-refractivity contribution in [2.24, 2.45) is 5.41 Å². The van der Waals surface area contributed by atoms with Crippen LogP contribution in [0.4, 0.5) is 9.18 Å². The molecule has 2 aliphatic carbocycles. The number of aromatic nitrogens is 2. The lowest BCUT2D eigenvalue weighted by molar-refractivity contribution is 0.0511. The Labute approximate surface area is 110 Å². The van der Waals surface area contributed by atoms with E-state index >= 15 is 0 Å². The number of halogens is 1. The zero-order valence-corrected chi connectivity index (χ0v) is 11.3. The summed E-state index contributed by atoms with van der Waals surface area (Å²) in [7, 11) is 0. The SMILES string of the molecule is CC(C)(C)OC(=O)n1ccc(OCC23CC2(F)C3)n1. The third-order valence-electron chi connectivity index (χ3n) is 3.58. The average molecular weight is 268 g/mol. The molecule has 19 heavy (non-hydrogen) atoms. The number of hydrogen-bond donors (Lipinski definition) is 0. The molecule has 0 spiro atoms. The number of ether oxygens (including phenoxy) is 2. The van der Waals surface area contributed by atoms with Crippen LogP contribution in [0.5, 0.6) is 5.88 Å². The Bertz CT molecular complexity index is 526. The van der Waals surface area contributed by atoms with Crippen molar-refractivity contribution in [2.75, 3.05) is 6.61 Å². The van der Waals surface area contributed by atoms with Crippen molar-refractivity contribution < 1.29 is 18.7 Å². The minimum atomic E-state index is -0.971. The number of carbonyl (C=O) groups is 1. The smallest absolute Gasteiger partial charge is 0.435 e. The molecule has 0 amide bonds. The van der Waals surface area contributed by atoms with Crippen molar-refractivity contribution in [3.8, 4) is 5.88 Å². The Morgan fingerprint density at radius 3 is 2.68 bits per heavy atom. The molecule has 1 aromatic rings. The number of alkyl halides is 1. The summed E-state index contributed by atoms with van der Waals surface area (Å²) in [6.07, 6.45) is 2.10. The maximum Gasteiger partial charge on any atom is 0.435 e. The third kappa shape index (κ3) is 2.19. The molecule has 0 atom stereocenters. The fourth-order valence-electron chi connectivity index (χ4n) is 2.17. The first kappa shape index (κ1) is 12.4.